The molecule has 0 aromatic carbocycles. The summed E-state index contributed by atoms with van der Waals surface area (Å²) in [6, 6.07) is -0.515. The van der Waals surface area contributed by atoms with Gasteiger partial charge in [-0.3, -0.25) is 9.59 Å². The molecule has 0 aromatic rings. The predicted octanol–water partition coefficient (Wildman–Crippen LogP) is -0.512. The summed E-state index contributed by atoms with van der Waals surface area (Å²) < 4.78 is 5.20. The second-order valence-electron chi connectivity index (χ2n) is 3.56. The van der Waals surface area contributed by atoms with E-state index in [9.17, 15) is 9.59 Å². The Bertz CT molecular complexity index is 276. The van der Waals surface area contributed by atoms with Crippen molar-refractivity contribution in [3.8, 4) is 0 Å². The molecule has 0 aromatic heterocycles. The molecule has 0 bridgehead atoms. The number of likely N-dealkylation sites (N-methyl/N-ethyl adjacent to an activating group) is 1. The molecule has 1 aliphatic heterocycles. The molecule has 1 heterocycles. The molecule has 1 rings (SSSR count). The highest BCUT2D eigenvalue weighted by atomic mass is 16.5. The number of hydrogen-bond acceptors (Lipinski definition) is 3. The van der Waals surface area contributed by atoms with Crippen LogP contribution < -0.4 is 0 Å². The number of ether oxygens (including phenoxy) is 1. The summed E-state index contributed by atoms with van der Waals surface area (Å²) in [5.74, 6) is -0.344. The lowest BCUT2D eigenvalue weighted by atomic mass is 10.2. The number of hydrogen-bond donors (Lipinski definition) is 0. The standard InChI is InChI=1S/C10H16N2O3/c1-4-9(13)12-5-6-15-7-8(12)10(14)11(2)3/h4,8H,1,5-7H2,2-3H3. The molecule has 0 N–H and O–H groups in total. The molecule has 0 saturated carbocycles. The molecule has 0 radical (unpaired) electrons. The van der Waals surface area contributed by atoms with Gasteiger partial charge in [0.15, 0.2) is 0 Å². The third-order valence-electron chi connectivity index (χ3n) is 2.31. The van der Waals surface area contributed by atoms with Gasteiger partial charge in [0.1, 0.15) is 6.04 Å². The van der Waals surface area contributed by atoms with Crippen LogP contribution in [-0.2, 0) is 14.3 Å². The first kappa shape index (κ1) is 11.7. The molecule has 1 fully saturated rings. The average Bonchev–Trinajstić information content (AvgIpc) is 2.27. The molecule has 1 atom stereocenters. The van der Waals surface area contributed by atoms with Crippen molar-refractivity contribution in [3.63, 3.8) is 0 Å². The van der Waals surface area contributed by atoms with Gasteiger partial charge in [-0.2, -0.15) is 0 Å². The van der Waals surface area contributed by atoms with Crippen LogP contribution in [0.15, 0.2) is 12.7 Å². The first-order valence-corrected chi connectivity index (χ1v) is 4.80. The van der Waals surface area contributed by atoms with E-state index in [1.807, 2.05) is 0 Å². The third-order valence-corrected chi connectivity index (χ3v) is 2.31. The second-order valence-corrected chi connectivity index (χ2v) is 3.56. The number of carbonyl (C=O) groups excluding carboxylic acids is 2. The number of rotatable bonds is 2. The van der Waals surface area contributed by atoms with Gasteiger partial charge in [0.2, 0.25) is 11.8 Å². The van der Waals surface area contributed by atoms with Crippen molar-refractivity contribution in [3.05, 3.63) is 12.7 Å². The van der Waals surface area contributed by atoms with Gasteiger partial charge in [0.05, 0.1) is 13.2 Å². The Morgan fingerprint density at radius 3 is 2.73 bits per heavy atom. The van der Waals surface area contributed by atoms with Crippen molar-refractivity contribution in [1.29, 1.82) is 0 Å². The smallest absolute Gasteiger partial charge is 0.247 e. The van der Waals surface area contributed by atoms with E-state index in [1.165, 1.54) is 15.9 Å². The minimum Gasteiger partial charge on any atom is -0.377 e. The van der Waals surface area contributed by atoms with Gasteiger partial charge in [-0.25, -0.2) is 0 Å². The Hall–Kier alpha value is -1.36. The number of morpholine rings is 1. The summed E-state index contributed by atoms with van der Waals surface area (Å²) in [6.07, 6.45) is 1.22. The van der Waals surface area contributed by atoms with Crippen molar-refractivity contribution in [2.24, 2.45) is 0 Å². The largest absolute Gasteiger partial charge is 0.377 e. The van der Waals surface area contributed by atoms with E-state index in [1.54, 1.807) is 14.1 Å². The van der Waals surface area contributed by atoms with E-state index in [0.717, 1.165) is 0 Å². The summed E-state index contributed by atoms with van der Waals surface area (Å²) in [5.41, 5.74) is 0. The topological polar surface area (TPSA) is 49.9 Å². The van der Waals surface area contributed by atoms with E-state index in [-0.39, 0.29) is 18.4 Å². The van der Waals surface area contributed by atoms with Gasteiger partial charge in [0, 0.05) is 20.6 Å². The van der Waals surface area contributed by atoms with Crippen molar-refractivity contribution in [2.45, 2.75) is 6.04 Å². The lowest BCUT2D eigenvalue weighted by molar-refractivity contribution is -0.149. The van der Waals surface area contributed by atoms with Crippen LogP contribution in [0.4, 0.5) is 0 Å². The molecule has 5 nitrogen and oxygen atoms in total. The highest BCUT2D eigenvalue weighted by molar-refractivity contribution is 5.92. The number of amides is 2. The summed E-state index contributed by atoms with van der Waals surface area (Å²) in [7, 11) is 3.32. The van der Waals surface area contributed by atoms with Gasteiger partial charge >= 0.3 is 0 Å². The quantitative estimate of drug-likeness (QED) is 0.579. The zero-order chi connectivity index (χ0) is 11.4. The molecule has 5 heteroatoms. The molecule has 0 spiro atoms. The maximum absolute atomic E-state index is 11.7. The Labute approximate surface area is 89.3 Å². The normalized spacial score (nSPS) is 20.9. The Kier molecular flexibility index (Phi) is 3.85. The molecule has 15 heavy (non-hydrogen) atoms. The van der Waals surface area contributed by atoms with Crippen LogP contribution in [0.3, 0.4) is 0 Å². The van der Waals surface area contributed by atoms with Crippen molar-refractivity contribution >= 4 is 11.8 Å². The Morgan fingerprint density at radius 2 is 2.20 bits per heavy atom. The van der Waals surface area contributed by atoms with Crippen LogP contribution in [0.5, 0.6) is 0 Å². The fourth-order valence-corrected chi connectivity index (χ4v) is 1.49. The lowest BCUT2D eigenvalue weighted by Gasteiger charge is -2.35. The molecule has 2 amide bonds. The molecular weight excluding hydrogens is 196 g/mol. The minimum absolute atomic E-state index is 0.120. The summed E-state index contributed by atoms with van der Waals surface area (Å²) in [6.45, 7) is 4.59. The monoisotopic (exact) mass is 212 g/mol. The Balaban J connectivity index is 2.78. The van der Waals surface area contributed by atoms with E-state index in [4.69, 9.17) is 4.74 Å². The Morgan fingerprint density at radius 1 is 1.53 bits per heavy atom. The zero-order valence-electron chi connectivity index (χ0n) is 9.10. The number of nitrogens with zero attached hydrogens (tertiary/aromatic N) is 2. The van der Waals surface area contributed by atoms with Crippen LogP contribution in [0.1, 0.15) is 0 Å². The van der Waals surface area contributed by atoms with E-state index >= 15 is 0 Å². The molecule has 84 valence electrons. The van der Waals surface area contributed by atoms with E-state index < -0.39 is 6.04 Å². The van der Waals surface area contributed by atoms with Crippen LogP contribution in [0.2, 0.25) is 0 Å². The van der Waals surface area contributed by atoms with E-state index in [2.05, 4.69) is 6.58 Å². The highest BCUT2D eigenvalue weighted by Gasteiger charge is 2.32. The van der Waals surface area contributed by atoms with Crippen LogP contribution >= 0.6 is 0 Å². The van der Waals surface area contributed by atoms with Crippen LogP contribution in [-0.4, -0.2) is 61.5 Å². The SMILES string of the molecule is C=CC(=O)N1CCOCC1C(=O)N(C)C. The first-order chi connectivity index (χ1) is 7.07. The first-order valence-electron chi connectivity index (χ1n) is 4.80. The maximum atomic E-state index is 11.7. The maximum Gasteiger partial charge on any atom is 0.247 e. The molecule has 1 aliphatic rings. The van der Waals surface area contributed by atoms with Gasteiger partial charge in [0.25, 0.3) is 0 Å². The summed E-state index contributed by atoms with van der Waals surface area (Å²) in [5, 5.41) is 0. The molecule has 1 saturated heterocycles. The average molecular weight is 212 g/mol. The van der Waals surface area contributed by atoms with Gasteiger partial charge in [-0.05, 0) is 6.08 Å². The van der Waals surface area contributed by atoms with Crippen LogP contribution in [0, 0.1) is 0 Å². The van der Waals surface area contributed by atoms with Crippen LogP contribution in [0.25, 0.3) is 0 Å². The molecular formula is C10H16N2O3. The van der Waals surface area contributed by atoms with Crippen molar-refractivity contribution in [2.75, 3.05) is 33.9 Å². The third kappa shape index (κ3) is 2.56. The zero-order valence-corrected chi connectivity index (χ0v) is 9.10. The fourth-order valence-electron chi connectivity index (χ4n) is 1.49. The fraction of sp³-hybridized carbons (Fsp3) is 0.600. The lowest BCUT2D eigenvalue weighted by Crippen LogP contribution is -2.55. The van der Waals surface area contributed by atoms with E-state index in [0.29, 0.717) is 13.2 Å². The predicted molar refractivity (Wildman–Crippen MR) is 55.2 cm³/mol. The van der Waals surface area contributed by atoms with Gasteiger partial charge in [-0.1, -0.05) is 6.58 Å². The summed E-state index contributed by atoms with van der Waals surface area (Å²) in [4.78, 5) is 26.2. The second kappa shape index (κ2) is 4.93. The number of carbonyl (C=O) groups is 2. The molecule has 0 aliphatic carbocycles. The minimum atomic E-state index is -0.515. The highest BCUT2D eigenvalue weighted by Crippen LogP contribution is 2.09. The van der Waals surface area contributed by atoms with Gasteiger partial charge in [-0.15, -0.1) is 0 Å². The van der Waals surface area contributed by atoms with Crippen molar-refractivity contribution in [1.82, 2.24) is 9.80 Å². The molecule has 1 unspecified atom stereocenters. The van der Waals surface area contributed by atoms with Gasteiger partial charge < -0.3 is 14.5 Å². The van der Waals surface area contributed by atoms with Crippen molar-refractivity contribution < 1.29 is 14.3 Å². The summed E-state index contributed by atoms with van der Waals surface area (Å²) >= 11 is 0.